The molecule has 214 valence electrons. The highest BCUT2D eigenvalue weighted by molar-refractivity contribution is 7.92. The standard InChI is InChI=1S/C30H36ClN3O5S/c1-5-39-27-14-16-28(17-15-27)40(37,38)34(26-12-7-6-8-13-26)21-29(35)33(20-24-10-9-11-25(31)18-24)23(4)30(36)32-19-22(2)3/h6-18,22-23H,5,19-21H2,1-4H3,(H,32,36)/t23-/m1/s1. The number of hydrogen-bond donors (Lipinski definition) is 1. The van der Waals surface area contributed by atoms with Crippen LogP contribution in [0.4, 0.5) is 5.69 Å². The predicted molar refractivity (Wildman–Crippen MR) is 158 cm³/mol. The van der Waals surface area contributed by atoms with Crippen LogP contribution in [0.25, 0.3) is 0 Å². The Hall–Kier alpha value is -3.56. The van der Waals surface area contributed by atoms with Gasteiger partial charge in [0.05, 0.1) is 17.2 Å². The number of amides is 2. The molecule has 1 atom stereocenters. The SMILES string of the molecule is CCOc1ccc(S(=O)(=O)N(CC(=O)N(Cc2cccc(Cl)c2)[C@H](C)C(=O)NCC(C)C)c2ccccc2)cc1. The maximum atomic E-state index is 13.9. The Bertz CT molecular complexity index is 1380. The van der Waals surface area contributed by atoms with Crippen molar-refractivity contribution in [3.05, 3.63) is 89.4 Å². The van der Waals surface area contributed by atoms with Crippen LogP contribution < -0.4 is 14.4 Å². The summed E-state index contributed by atoms with van der Waals surface area (Å²) < 4.78 is 34.2. The van der Waals surface area contributed by atoms with Crippen LogP contribution >= 0.6 is 11.6 Å². The fourth-order valence-corrected chi connectivity index (χ4v) is 5.62. The predicted octanol–water partition coefficient (Wildman–Crippen LogP) is 5.12. The topological polar surface area (TPSA) is 96.0 Å². The number of para-hydroxylation sites is 1. The lowest BCUT2D eigenvalue weighted by atomic mass is 10.1. The van der Waals surface area contributed by atoms with Crippen LogP contribution in [0.2, 0.25) is 5.02 Å². The largest absolute Gasteiger partial charge is 0.494 e. The number of sulfonamides is 1. The molecule has 0 saturated carbocycles. The molecule has 0 radical (unpaired) electrons. The monoisotopic (exact) mass is 585 g/mol. The molecule has 3 rings (SSSR count). The Morgan fingerprint density at radius 1 is 0.950 bits per heavy atom. The van der Waals surface area contributed by atoms with E-state index in [1.54, 1.807) is 73.7 Å². The summed E-state index contributed by atoms with van der Waals surface area (Å²) >= 11 is 6.18. The molecular weight excluding hydrogens is 550 g/mol. The summed E-state index contributed by atoms with van der Waals surface area (Å²) in [7, 11) is -4.15. The first-order valence-corrected chi connectivity index (χ1v) is 15.0. The van der Waals surface area contributed by atoms with E-state index in [1.165, 1.54) is 17.0 Å². The Balaban J connectivity index is 1.98. The van der Waals surface area contributed by atoms with Crippen LogP contribution in [0, 0.1) is 5.92 Å². The van der Waals surface area contributed by atoms with Crippen LogP contribution in [-0.2, 0) is 26.2 Å². The van der Waals surface area contributed by atoms with Gasteiger partial charge in [0.15, 0.2) is 0 Å². The number of rotatable bonds is 13. The van der Waals surface area contributed by atoms with Gasteiger partial charge in [-0.15, -0.1) is 0 Å². The second-order valence-electron chi connectivity index (χ2n) is 9.72. The summed E-state index contributed by atoms with van der Waals surface area (Å²) in [5, 5.41) is 3.36. The minimum absolute atomic E-state index is 0.0109. The van der Waals surface area contributed by atoms with Crippen LogP contribution in [0.5, 0.6) is 5.75 Å². The normalized spacial score (nSPS) is 12.1. The van der Waals surface area contributed by atoms with Crippen molar-refractivity contribution in [2.45, 2.75) is 45.2 Å². The molecular formula is C30H36ClN3O5S. The molecule has 0 spiro atoms. The molecule has 3 aromatic rings. The average Bonchev–Trinajstić information content (AvgIpc) is 2.93. The summed E-state index contributed by atoms with van der Waals surface area (Å²) in [6.07, 6.45) is 0. The molecule has 0 aromatic heterocycles. The maximum Gasteiger partial charge on any atom is 0.264 e. The van der Waals surface area contributed by atoms with Crippen molar-refractivity contribution in [1.82, 2.24) is 10.2 Å². The van der Waals surface area contributed by atoms with Gasteiger partial charge in [-0.05, 0) is 73.9 Å². The molecule has 0 aliphatic heterocycles. The van der Waals surface area contributed by atoms with Crippen molar-refractivity contribution in [1.29, 1.82) is 0 Å². The number of halogens is 1. The number of carbonyl (C=O) groups excluding carboxylic acids is 2. The summed E-state index contributed by atoms with van der Waals surface area (Å²) in [4.78, 5) is 28.3. The Morgan fingerprint density at radius 3 is 2.23 bits per heavy atom. The van der Waals surface area contributed by atoms with Gasteiger partial charge in [0.2, 0.25) is 11.8 Å². The van der Waals surface area contributed by atoms with Crippen molar-refractivity contribution >= 4 is 39.1 Å². The van der Waals surface area contributed by atoms with E-state index in [-0.39, 0.29) is 23.3 Å². The Labute approximate surface area is 241 Å². The van der Waals surface area contributed by atoms with Crippen LogP contribution in [0.3, 0.4) is 0 Å². The van der Waals surface area contributed by atoms with Gasteiger partial charge < -0.3 is 15.0 Å². The quantitative estimate of drug-likeness (QED) is 0.300. The number of nitrogens with one attached hydrogen (secondary N) is 1. The Kier molecular flexibility index (Phi) is 11.0. The number of nitrogens with zero attached hydrogens (tertiary/aromatic N) is 2. The molecule has 0 aliphatic carbocycles. The van der Waals surface area contributed by atoms with Gasteiger partial charge in [0.1, 0.15) is 18.3 Å². The first kappa shape index (κ1) is 31.0. The molecule has 2 amide bonds. The first-order chi connectivity index (χ1) is 19.0. The third-order valence-corrected chi connectivity index (χ3v) is 8.16. The van der Waals surface area contributed by atoms with E-state index in [9.17, 15) is 18.0 Å². The van der Waals surface area contributed by atoms with Crippen molar-refractivity contribution in [2.24, 2.45) is 5.92 Å². The number of hydrogen-bond acceptors (Lipinski definition) is 5. The van der Waals surface area contributed by atoms with E-state index in [4.69, 9.17) is 16.3 Å². The highest BCUT2D eigenvalue weighted by atomic mass is 35.5. The zero-order chi connectivity index (χ0) is 29.3. The van der Waals surface area contributed by atoms with Crippen LogP contribution in [0.15, 0.2) is 83.8 Å². The van der Waals surface area contributed by atoms with Gasteiger partial charge in [-0.3, -0.25) is 13.9 Å². The summed E-state index contributed by atoms with van der Waals surface area (Å²) in [5.41, 5.74) is 1.04. The molecule has 0 saturated heterocycles. The number of ether oxygens (including phenoxy) is 1. The number of benzene rings is 3. The van der Waals surface area contributed by atoms with Gasteiger partial charge in [-0.2, -0.15) is 0 Å². The fraction of sp³-hybridized carbons (Fsp3) is 0.333. The zero-order valence-corrected chi connectivity index (χ0v) is 24.8. The second kappa shape index (κ2) is 14.2. The zero-order valence-electron chi connectivity index (χ0n) is 23.2. The van der Waals surface area contributed by atoms with Crippen molar-refractivity contribution < 1.29 is 22.7 Å². The fourth-order valence-electron chi connectivity index (χ4n) is 3.99. The second-order valence-corrected chi connectivity index (χ2v) is 12.0. The maximum absolute atomic E-state index is 13.9. The van der Waals surface area contributed by atoms with Gasteiger partial charge in [0.25, 0.3) is 10.0 Å². The van der Waals surface area contributed by atoms with Gasteiger partial charge >= 0.3 is 0 Å². The first-order valence-electron chi connectivity index (χ1n) is 13.1. The lowest BCUT2D eigenvalue weighted by Crippen LogP contribution is -2.51. The third-order valence-electron chi connectivity index (χ3n) is 6.14. The molecule has 0 heterocycles. The number of anilines is 1. The summed E-state index contributed by atoms with van der Waals surface area (Å²) in [5.74, 6) is -0.103. The molecule has 8 nitrogen and oxygen atoms in total. The van der Waals surface area contributed by atoms with E-state index in [1.807, 2.05) is 20.8 Å². The summed E-state index contributed by atoms with van der Waals surface area (Å²) in [6.45, 7) is 7.88. The van der Waals surface area contributed by atoms with Crippen molar-refractivity contribution in [3.8, 4) is 5.75 Å². The molecule has 40 heavy (non-hydrogen) atoms. The molecule has 1 N–H and O–H groups in total. The molecule has 10 heteroatoms. The van der Waals surface area contributed by atoms with Crippen LogP contribution in [0.1, 0.15) is 33.3 Å². The third kappa shape index (κ3) is 8.22. The van der Waals surface area contributed by atoms with E-state index in [2.05, 4.69) is 5.32 Å². The highest BCUT2D eigenvalue weighted by Crippen LogP contribution is 2.26. The molecule has 0 bridgehead atoms. The molecule has 3 aromatic carbocycles. The molecule has 0 unspecified atom stereocenters. The minimum Gasteiger partial charge on any atom is -0.494 e. The smallest absolute Gasteiger partial charge is 0.264 e. The molecule has 0 aliphatic rings. The lowest BCUT2D eigenvalue weighted by Gasteiger charge is -2.32. The van der Waals surface area contributed by atoms with E-state index < -0.39 is 28.5 Å². The average molecular weight is 586 g/mol. The lowest BCUT2D eigenvalue weighted by molar-refractivity contribution is -0.139. The summed E-state index contributed by atoms with van der Waals surface area (Å²) in [6, 6.07) is 20.6. The Morgan fingerprint density at radius 2 is 1.62 bits per heavy atom. The minimum atomic E-state index is -4.15. The van der Waals surface area contributed by atoms with Gasteiger partial charge in [-0.25, -0.2) is 8.42 Å². The van der Waals surface area contributed by atoms with Gasteiger partial charge in [0, 0.05) is 18.1 Å². The van der Waals surface area contributed by atoms with E-state index in [0.29, 0.717) is 35.2 Å². The van der Waals surface area contributed by atoms with Crippen molar-refractivity contribution in [2.75, 3.05) is 24.0 Å². The van der Waals surface area contributed by atoms with Crippen molar-refractivity contribution in [3.63, 3.8) is 0 Å². The molecule has 0 fully saturated rings. The van der Waals surface area contributed by atoms with Gasteiger partial charge in [-0.1, -0.05) is 55.8 Å². The number of carbonyl (C=O) groups is 2. The van der Waals surface area contributed by atoms with E-state index in [0.717, 1.165) is 4.31 Å². The highest BCUT2D eigenvalue weighted by Gasteiger charge is 2.32. The van der Waals surface area contributed by atoms with Crippen LogP contribution in [-0.4, -0.2) is 50.9 Å². The van der Waals surface area contributed by atoms with E-state index >= 15 is 0 Å².